The zero-order chi connectivity index (χ0) is 14.9. The summed E-state index contributed by atoms with van der Waals surface area (Å²) in [5, 5.41) is 7.22. The van der Waals surface area contributed by atoms with Gasteiger partial charge in [-0.3, -0.25) is 9.48 Å². The van der Waals surface area contributed by atoms with Gasteiger partial charge >= 0.3 is 6.18 Å². The van der Waals surface area contributed by atoms with Crippen LogP contribution in [-0.4, -0.2) is 47.4 Å². The van der Waals surface area contributed by atoms with Gasteiger partial charge in [-0.1, -0.05) is 0 Å². The Labute approximate surface area is 114 Å². The Morgan fingerprint density at radius 1 is 1.45 bits per heavy atom. The summed E-state index contributed by atoms with van der Waals surface area (Å²) in [5.41, 5.74) is 1.70. The van der Waals surface area contributed by atoms with Crippen LogP contribution in [0.5, 0.6) is 0 Å². The Bertz CT molecular complexity index is 508. The smallest absolute Gasteiger partial charge is 0.343 e. The number of fused-ring (bicyclic) bond motifs is 1. The molecular formula is C12H17F3N4O. The average Bonchev–Trinajstić information content (AvgIpc) is 2.73. The van der Waals surface area contributed by atoms with E-state index in [9.17, 15) is 18.0 Å². The molecule has 0 saturated carbocycles. The lowest BCUT2D eigenvalue weighted by molar-refractivity contribution is -0.137. The predicted octanol–water partition coefficient (Wildman–Crippen LogP) is 1.18. The van der Waals surface area contributed by atoms with E-state index in [1.807, 2.05) is 0 Å². The number of carbonyl (C=O) groups excluding carboxylic acids is 1. The third-order valence-electron chi connectivity index (χ3n) is 3.22. The Morgan fingerprint density at radius 2 is 2.15 bits per heavy atom. The SMILES string of the molecule is CN(C)C(=O)c1nn(CCC(F)(F)F)c2c1CNCC2. The van der Waals surface area contributed by atoms with Crippen molar-refractivity contribution in [3.05, 3.63) is 17.0 Å². The molecule has 0 aliphatic carbocycles. The van der Waals surface area contributed by atoms with Crippen LogP contribution >= 0.6 is 0 Å². The van der Waals surface area contributed by atoms with Crippen LogP contribution in [0.4, 0.5) is 13.2 Å². The van der Waals surface area contributed by atoms with Crippen molar-refractivity contribution in [3.8, 4) is 0 Å². The molecule has 0 bridgehead atoms. The number of alkyl halides is 3. The number of hydrogen-bond acceptors (Lipinski definition) is 3. The van der Waals surface area contributed by atoms with Gasteiger partial charge in [0.1, 0.15) is 0 Å². The summed E-state index contributed by atoms with van der Waals surface area (Å²) in [6, 6.07) is 0. The molecular weight excluding hydrogens is 273 g/mol. The van der Waals surface area contributed by atoms with Gasteiger partial charge in [0.25, 0.3) is 5.91 Å². The normalized spacial score (nSPS) is 15.1. The van der Waals surface area contributed by atoms with Gasteiger partial charge in [-0.05, 0) is 0 Å². The maximum Gasteiger partial charge on any atom is 0.390 e. The van der Waals surface area contributed by atoms with E-state index < -0.39 is 12.6 Å². The number of aryl methyl sites for hydroxylation is 1. The lowest BCUT2D eigenvalue weighted by atomic mass is 10.1. The van der Waals surface area contributed by atoms with Crippen LogP contribution in [0.3, 0.4) is 0 Å². The first kappa shape index (κ1) is 14.8. The molecule has 0 aromatic carbocycles. The van der Waals surface area contributed by atoms with Crippen LogP contribution in [0.1, 0.15) is 28.2 Å². The van der Waals surface area contributed by atoms with Crippen LogP contribution in [0.15, 0.2) is 0 Å². The summed E-state index contributed by atoms with van der Waals surface area (Å²) >= 11 is 0. The monoisotopic (exact) mass is 290 g/mol. The number of nitrogens with zero attached hydrogens (tertiary/aromatic N) is 3. The lowest BCUT2D eigenvalue weighted by Crippen LogP contribution is -2.28. The molecule has 112 valence electrons. The van der Waals surface area contributed by atoms with Crippen molar-refractivity contribution in [1.82, 2.24) is 20.0 Å². The van der Waals surface area contributed by atoms with Crippen molar-refractivity contribution in [2.24, 2.45) is 0 Å². The van der Waals surface area contributed by atoms with Crippen molar-refractivity contribution in [1.29, 1.82) is 0 Å². The summed E-state index contributed by atoms with van der Waals surface area (Å²) in [4.78, 5) is 13.4. The highest BCUT2D eigenvalue weighted by molar-refractivity contribution is 5.93. The molecule has 8 heteroatoms. The topological polar surface area (TPSA) is 50.2 Å². The Kier molecular flexibility index (Phi) is 4.03. The molecule has 1 N–H and O–H groups in total. The van der Waals surface area contributed by atoms with Crippen molar-refractivity contribution in [2.75, 3.05) is 20.6 Å². The van der Waals surface area contributed by atoms with Gasteiger partial charge in [-0.2, -0.15) is 18.3 Å². The molecule has 1 aliphatic rings. The molecule has 2 heterocycles. The number of nitrogens with one attached hydrogen (secondary N) is 1. The third-order valence-corrected chi connectivity index (χ3v) is 3.22. The van der Waals surface area contributed by atoms with E-state index in [2.05, 4.69) is 10.4 Å². The second-order valence-corrected chi connectivity index (χ2v) is 4.99. The quantitative estimate of drug-likeness (QED) is 0.909. The molecule has 2 rings (SSSR count). The fourth-order valence-corrected chi connectivity index (χ4v) is 2.22. The van der Waals surface area contributed by atoms with Crippen LogP contribution in [-0.2, 0) is 19.5 Å². The number of amides is 1. The summed E-state index contributed by atoms with van der Waals surface area (Å²) in [5.74, 6) is -0.282. The van der Waals surface area contributed by atoms with E-state index in [1.165, 1.54) is 9.58 Å². The lowest BCUT2D eigenvalue weighted by Gasteiger charge is -2.16. The van der Waals surface area contributed by atoms with Crippen LogP contribution < -0.4 is 5.32 Å². The molecule has 0 saturated heterocycles. The molecule has 1 amide bonds. The predicted molar refractivity (Wildman–Crippen MR) is 66.3 cm³/mol. The number of carbonyl (C=O) groups is 1. The number of rotatable bonds is 3. The van der Waals surface area contributed by atoms with E-state index in [0.717, 1.165) is 11.3 Å². The molecule has 1 aromatic rings. The molecule has 0 atom stereocenters. The van der Waals surface area contributed by atoms with Crippen molar-refractivity contribution in [3.63, 3.8) is 0 Å². The molecule has 5 nitrogen and oxygen atoms in total. The number of halogens is 3. The average molecular weight is 290 g/mol. The van der Waals surface area contributed by atoms with Gasteiger partial charge < -0.3 is 10.2 Å². The summed E-state index contributed by atoms with van der Waals surface area (Å²) in [6.45, 7) is 0.906. The van der Waals surface area contributed by atoms with E-state index in [-0.39, 0.29) is 18.1 Å². The third kappa shape index (κ3) is 3.12. The zero-order valence-electron chi connectivity index (χ0n) is 11.4. The molecule has 1 aliphatic heterocycles. The molecule has 20 heavy (non-hydrogen) atoms. The minimum absolute atomic E-state index is 0.244. The maximum atomic E-state index is 12.3. The van der Waals surface area contributed by atoms with Gasteiger partial charge in [0.05, 0.1) is 6.42 Å². The Hall–Kier alpha value is -1.57. The van der Waals surface area contributed by atoms with Crippen LogP contribution in [0, 0.1) is 0 Å². The standard InChI is InChI=1S/C12H17F3N4O/c1-18(2)11(20)10-8-7-16-5-3-9(8)19(17-10)6-4-12(13,14)15/h16H,3-7H2,1-2H3. The highest BCUT2D eigenvalue weighted by Crippen LogP contribution is 2.24. The van der Waals surface area contributed by atoms with Gasteiger partial charge in [-0.25, -0.2) is 0 Å². The largest absolute Gasteiger partial charge is 0.390 e. The zero-order valence-corrected chi connectivity index (χ0v) is 11.4. The molecule has 0 unspecified atom stereocenters. The first-order valence-corrected chi connectivity index (χ1v) is 6.37. The van der Waals surface area contributed by atoms with Crippen LogP contribution in [0.2, 0.25) is 0 Å². The van der Waals surface area contributed by atoms with Gasteiger partial charge in [0, 0.05) is 51.4 Å². The number of hydrogen-bond donors (Lipinski definition) is 1. The van der Waals surface area contributed by atoms with Gasteiger partial charge in [0.2, 0.25) is 0 Å². The van der Waals surface area contributed by atoms with Crippen molar-refractivity contribution < 1.29 is 18.0 Å². The van der Waals surface area contributed by atoms with Crippen molar-refractivity contribution in [2.45, 2.75) is 32.1 Å². The van der Waals surface area contributed by atoms with E-state index >= 15 is 0 Å². The first-order valence-electron chi connectivity index (χ1n) is 6.37. The molecule has 0 radical (unpaired) electrons. The fourth-order valence-electron chi connectivity index (χ4n) is 2.22. The second-order valence-electron chi connectivity index (χ2n) is 4.99. The van der Waals surface area contributed by atoms with Gasteiger partial charge in [0.15, 0.2) is 5.69 Å². The highest BCUT2D eigenvalue weighted by Gasteiger charge is 2.30. The Morgan fingerprint density at radius 3 is 2.75 bits per heavy atom. The van der Waals surface area contributed by atoms with Gasteiger partial charge in [-0.15, -0.1) is 0 Å². The summed E-state index contributed by atoms with van der Waals surface area (Å²) in [6.07, 6.45) is -4.58. The highest BCUT2D eigenvalue weighted by atomic mass is 19.4. The van der Waals surface area contributed by atoms with E-state index in [0.29, 0.717) is 19.5 Å². The summed E-state index contributed by atoms with van der Waals surface area (Å²) < 4.78 is 38.3. The first-order chi connectivity index (χ1) is 9.29. The molecule has 1 aromatic heterocycles. The summed E-state index contributed by atoms with van der Waals surface area (Å²) in [7, 11) is 3.19. The minimum Gasteiger partial charge on any atom is -0.343 e. The molecule has 0 spiro atoms. The molecule has 0 fully saturated rings. The minimum atomic E-state index is -4.22. The fraction of sp³-hybridized carbons (Fsp3) is 0.667. The van der Waals surface area contributed by atoms with Crippen LogP contribution in [0.25, 0.3) is 0 Å². The van der Waals surface area contributed by atoms with E-state index in [1.54, 1.807) is 14.1 Å². The second kappa shape index (κ2) is 5.43. The number of aromatic nitrogens is 2. The Balaban J connectivity index is 2.31. The van der Waals surface area contributed by atoms with Crippen molar-refractivity contribution >= 4 is 5.91 Å². The maximum absolute atomic E-state index is 12.3. The van der Waals surface area contributed by atoms with E-state index in [4.69, 9.17) is 0 Å².